The second kappa shape index (κ2) is 5.13. The number of nitrogens with one attached hydrogen (secondary N) is 2. The molecule has 0 spiro atoms. The minimum Gasteiger partial charge on any atom is -0.447 e. The van der Waals surface area contributed by atoms with Gasteiger partial charge in [-0.05, 0) is 19.9 Å². The van der Waals surface area contributed by atoms with Crippen molar-refractivity contribution in [3.05, 3.63) is 35.5 Å². The van der Waals surface area contributed by atoms with Crippen LogP contribution in [0.15, 0.2) is 24.3 Å². The summed E-state index contributed by atoms with van der Waals surface area (Å²) in [5.74, 6) is -0.351. The summed E-state index contributed by atoms with van der Waals surface area (Å²) < 4.78 is 5.10. The molecule has 0 saturated heterocycles. The Bertz CT molecular complexity index is 727. The number of rotatable bonds is 2. The Kier molecular flexibility index (Phi) is 3.30. The van der Waals surface area contributed by atoms with E-state index in [1.165, 1.54) is 0 Å². The number of fused-ring (bicyclic) bond motifs is 3. The van der Waals surface area contributed by atoms with Gasteiger partial charge >= 0.3 is 6.09 Å². The van der Waals surface area contributed by atoms with E-state index >= 15 is 0 Å². The Morgan fingerprint density at radius 2 is 2.24 bits per heavy atom. The first-order chi connectivity index (χ1) is 10.1. The molecule has 0 aliphatic heterocycles. The van der Waals surface area contributed by atoms with Crippen LogP contribution in [0.1, 0.15) is 31.0 Å². The maximum Gasteiger partial charge on any atom is 0.407 e. The van der Waals surface area contributed by atoms with E-state index in [0.29, 0.717) is 6.42 Å². The molecule has 2 atom stereocenters. The number of ether oxygens (including phenoxy) is 1. The predicted molar refractivity (Wildman–Crippen MR) is 78.9 cm³/mol. The fourth-order valence-electron chi connectivity index (χ4n) is 2.96. The monoisotopic (exact) mass is 283 g/mol. The summed E-state index contributed by atoms with van der Waals surface area (Å²) in [6, 6.07) is 10.00. The molecule has 3 rings (SSSR count). The number of carbonyl (C=O) groups excluding carboxylic acids is 1. The van der Waals surface area contributed by atoms with E-state index in [-0.39, 0.29) is 18.1 Å². The van der Waals surface area contributed by atoms with Crippen LogP contribution in [0.25, 0.3) is 10.9 Å². The Morgan fingerprint density at radius 3 is 2.95 bits per heavy atom. The highest BCUT2D eigenvalue weighted by Crippen LogP contribution is 2.38. The van der Waals surface area contributed by atoms with Gasteiger partial charge in [0.1, 0.15) is 0 Å². The third-order valence-electron chi connectivity index (χ3n) is 3.75. The lowest BCUT2D eigenvalue weighted by Gasteiger charge is -2.17. The number of carbonyl (C=O) groups is 1. The van der Waals surface area contributed by atoms with E-state index in [2.05, 4.69) is 16.4 Å². The summed E-state index contributed by atoms with van der Waals surface area (Å²) in [6.07, 6.45) is -0.0228. The van der Waals surface area contributed by atoms with Crippen molar-refractivity contribution in [2.75, 3.05) is 0 Å². The van der Waals surface area contributed by atoms with Gasteiger partial charge in [0.05, 0.1) is 24.1 Å². The number of nitrogens with zero attached hydrogens (tertiary/aromatic N) is 1. The van der Waals surface area contributed by atoms with Gasteiger partial charge in [0, 0.05) is 28.6 Å². The number of benzene rings is 1. The third kappa shape index (κ3) is 2.33. The fourth-order valence-corrected chi connectivity index (χ4v) is 2.96. The van der Waals surface area contributed by atoms with Gasteiger partial charge in [0.25, 0.3) is 0 Å². The van der Waals surface area contributed by atoms with Crippen molar-refractivity contribution in [1.82, 2.24) is 10.3 Å². The van der Waals surface area contributed by atoms with Crippen molar-refractivity contribution < 1.29 is 9.53 Å². The number of amides is 1. The maximum absolute atomic E-state index is 11.8. The van der Waals surface area contributed by atoms with Crippen molar-refractivity contribution in [3.8, 4) is 6.07 Å². The van der Waals surface area contributed by atoms with E-state index in [1.807, 2.05) is 24.3 Å². The first-order valence-corrected chi connectivity index (χ1v) is 7.06. The molecule has 2 N–H and O–H groups in total. The molecule has 1 amide bonds. The van der Waals surface area contributed by atoms with Gasteiger partial charge < -0.3 is 15.0 Å². The van der Waals surface area contributed by atoms with Crippen LogP contribution in [0.5, 0.6) is 0 Å². The molecule has 21 heavy (non-hydrogen) atoms. The zero-order chi connectivity index (χ0) is 15.0. The van der Waals surface area contributed by atoms with Crippen LogP contribution in [0.3, 0.4) is 0 Å². The van der Waals surface area contributed by atoms with Gasteiger partial charge in [-0.1, -0.05) is 18.2 Å². The molecule has 5 nitrogen and oxygen atoms in total. The first-order valence-electron chi connectivity index (χ1n) is 7.06. The van der Waals surface area contributed by atoms with Crippen molar-refractivity contribution in [2.24, 2.45) is 0 Å². The molecule has 1 aliphatic rings. The third-order valence-corrected chi connectivity index (χ3v) is 3.75. The van der Waals surface area contributed by atoms with Gasteiger partial charge in [-0.25, -0.2) is 4.79 Å². The van der Waals surface area contributed by atoms with E-state index < -0.39 is 6.09 Å². The molecule has 1 aromatic carbocycles. The highest BCUT2D eigenvalue weighted by Gasteiger charge is 2.37. The normalized spacial score (nSPS) is 20.3. The van der Waals surface area contributed by atoms with Crippen molar-refractivity contribution in [2.45, 2.75) is 38.3 Å². The maximum atomic E-state index is 11.8. The molecule has 5 heteroatoms. The van der Waals surface area contributed by atoms with Crippen LogP contribution in [0, 0.1) is 11.3 Å². The average Bonchev–Trinajstić information content (AvgIpc) is 2.92. The molecule has 1 unspecified atom stereocenters. The van der Waals surface area contributed by atoms with Crippen molar-refractivity contribution in [3.63, 3.8) is 0 Å². The van der Waals surface area contributed by atoms with Crippen LogP contribution < -0.4 is 5.32 Å². The summed E-state index contributed by atoms with van der Waals surface area (Å²) in [5.41, 5.74) is 3.06. The number of hydrogen-bond acceptors (Lipinski definition) is 3. The Hall–Kier alpha value is -2.48. The fraction of sp³-hybridized carbons (Fsp3) is 0.375. The number of alkyl carbamates (subject to hydrolysis) is 1. The van der Waals surface area contributed by atoms with E-state index in [9.17, 15) is 10.1 Å². The van der Waals surface area contributed by atoms with Crippen molar-refractivity contribution >= 4 is 17.0 Å². The largest absolute Gasteiger partial charge is 0.447 e. The lowest BCUT2D eigenvalue weighted by Crippen LogP contribution is -2.38. The minimum absolute atomic E-state index is 0.175. The topological polar surface area (TPSA) is 77.9 Å². The number of para-hydroxylation sites is 1. The molecule has 0 radical (unpaired) electrons. The quantitative estimate of drug-likeness (QED) is 0.889. The second-order valence-electron chi connectivity index (χ2n) is 5.58. The van der Waals surface area contributed by atoms with Crippen molar-refractivity contribution in [1.29, 1.82) is 5.26 Å². The second-order valence-corrected chi connectivity index (χ2v) is 5.58. The average molecular weight is 283 g/mol. The molecule has 2 aromatic rings. The van der Waals surface area contributed by atoms with Gasteiger partial charge in [-0.2, -0.15) is 5.26 Å². The first kappa shape index (κ1) is 13.5. The van der Waals surface area contributed by atoms with Crippen LogP contribution in [-0.4, -0.2) is 23.2 Å². The highest BCUT2D eigenvalue weighted by molar-refractivity contribution is 5.87. The molecule has 1 heterocycles. The zero-order valence-electron chi connectivity index (χ0n) is 12.0. The SMILES string of the molecule is CC(C)OC(=O)NC1Cc2[nH]c3ccccc3c2[C@H]1C#N. The molecule has 0 fully saturated rings. The molecule has 1 aliphatic carbocycles. The predicted octanol–water partition coefficient (Wildman–Crippen LogP) is 2.83. The van der Waals surface area contributed by atoms with Crippen LogP contribution >= 0.6 is 0 Å². The van der Waals surface area contributed by atoms with E-state index in [0.717, 1.165) is 22.2 Å². The summed E-state index contributed by atoms with van der Waals surface area (Å²) in [4.78, 5) is 15.1. The standard InChI is InChI=1S/C16H17N3O2/c1-9(2)21-16(20)19-13-7-14-15(11(13)8-17)10-5-3-4-6-12(10)18-14/h3-6,9,11,13,18H,7H2,1-2H3,(H,19,20)/t11-,13?/m0/s1. The van der Waals surface area contributed by atoms with Gasteiger partial charge in [0.2, 0.25) is 0 Å². The molecule has 0 bridgehead atoms. The van der Waals surface area contributed by atoms with Crippen LogP contribution in [0.2, 0.25) is 0 Å². The summed E-state index contributed by atoms with van der Waals surface area (Å²) in [6.45, 7) is 3.60. The van der Waals surface area contributed by atoms with Crippen LogP contribution in [-0.2, 0) is 11.2 Å². The highest BCUT2D eigenvalue weighted by atomic mass is 16.6. The number of nitriles is 1. The number of H-pyrrole nitrogens is 1. The Balaban J connectivity index is 1.87. The van der Waals surface area contributed by atoms with Gasteiger partial charge in [-0.15, -0.1) is 0 Å². The van der Waals surface area contributed by atoms with E-state index in [1.54, 1.807) is 13.8 Å². The van der Waals surface area contributed by atoms with Gasteiger partial charge in [-0.3, -0.25) is 0 Å². The molecular weight excluding hydrogens is 266 g/mol. The summed E-state index contributed by atoms with van der Waals surface area (Å²) in [5, 5.41) is 13.4. The zero-order valence-corrected chi connectivity index (χ0v) is 12.0. The lowest BCUT2D eigenvalue weighted by atomic mass is 9.98. The molecular formula is C16H17N3O2. The number of aromatic amines is 1. The number of hydrogen-bond donors (Lipinski definition) is 2. The van der Waals surface area contributed by atoms with Crippen LogP contribution in [0.4, 0.5) is 4.79 Å². The molecule has 0 saturated carbocycles. The molecule has 1 aromatic heterocycles. The summed E-state index contributed by atoms with van der Waals surface area (Å²) >= 11 is 0. The lowest BCUT2D eigenvalue weighted by molar-refractivity contribution is 0.112. The minimum atomic E-state index is -0.468. The van der Waals surface area contributed by atoms with E-state index in [4.69, 9.17) is 4.74 Å². The molecule has 108 valence electrons. The Morgan fingerprint density at radius 1 is 1.48 bits per heavy atom. The number of aromatic nitrogens is 1. The summed E-state index contributed by atoms with van der Waals surface area (Å²) in [7, 11) is 0. The van der Waals surface area contributed by atoms with Gasteiger partial charge in [0.15, 0.2) is 0 Å². The smallest absolute Gasteiger partial charge is 0.407 e. The Labute approximate surface area is 122 Å².